The fourth-order valence-electron chi connectivity index (χ4n) is 0. The fraction of sp³-hybridized carbons (Fsp3) is 0. The molecule has 0 aromatic carbocycles. The summed E-state index contributed by atoms with van der Waals surface area (Å²) in [7, 11) is 0. The topological polar surface area (TPSA) is 515 Å². The largest absolute Gasteiger partial charge is 6.00 e. The molecule has 0 heterocycles. The third-order valence-corrected chi connectivity index (χ3v) is 0. The second-order valence-corrected chi connectivity index (χ2v) is 11.9. The zero-order valence-corrected chi connectivity index (χ0v) is 39.6. The minimum Gasteiger partial charge on any atom is 6.00 e. The summed E-state index contributed by atoms with van der Waals surface area (Å²) in [4.78, 5) is 0. The van der Waals surface area contributed by atoms with Gasteiger partial charge >= 0.3 is 298 Å². The molecule has 0 spiro atoms. The number of rotatable bonds is 0. The molecule has 0 saturated heterocycles. The SMILES string of the molecule is [Fe+3].[O]=[Nb](=[O])[O-].[O]=[Nb](=[O])[O-].[O]=[Nb](=[O])[O-].[O]=[Nb](=[O])[O-].[O]=[Nb](=[O])[O-].[O]=[Nb](=[O])[O-].[O]=[Nb](=[O])[O-].[O]=[Nb](=[O])[O-].[O]=[Nb](=[O])[O-].[W+6]. The molecule has 0 aliphatic heterocycles. The van der Waals surface area contributed by atoms with Crippen LogP contribution in [0.3, 0.4) is 0 Å². The van der Waals surface area contributed by atoms with Crippen molar-refractivity contribution in [3.8, 4) is 0 Å². The summed E-state index contributed by atoms with van der Waals surface area (Å²) in [6.07, 6.45) is 0. The molecule has 0 fully saturated rings. The second kappa shape index (κ2) is 68.2. The zero-order valence-electron chi connectivity index (χ0n) is 15.8. The molecule has 0 atom stereocenters. The van der Waals surface area contributed by atoms with E-state index in [1.54, 1.807) is 0 Å². The van der Waals surface area contributed by atoms with Crippen LogP contribution in [-0.2, 0) is 266 Å². The van der Waals surface area contributed by atoms with Crippen molar-refractivity contribution in [1.82, 2.24) is 0 Å². The van der Waals surface area contributed by atoms with Crippen molar-refractivity contribution in [3.63, 3.8) is 0 Å². The maximum Gasteiger partial charge on any atom is 6.00 e. The van der Waals surface area contributed by atoms with E-state index in [0.717, 1.165) is 0 Å². The van der Waals surface area contributed by atoms with Crippen LogP contribution in [0, 0.1) is 0 Å². The summed E-state index contributed by atoms with van der Waals surface area (Å²) >= 11 is -37.8. The van der Waals surface area contributed by atoms with E-state index in [9.17, 15) is 0 Å². The van der Waals surface area contributed by atoms with Gasteiger partial charge in [0.2, 0.25) is 0 Å². The number of hydrogen-bond acceptors (Lipinski definition) is 27. The van der Waals surface area contributed by atoms with E-state index < -0.39 is 169 Å². The Morgan fingerprint density at radius 3 is 0.211 bits per heavy atom. The Labute approximate surface area is 292 Å². The van der Waals surface area contributed by atoms with Crippen LogP contribution in [0.2, 0.25) is 0 Å². The van der Waals surface area contributed by atoms with E-state index in [0.29, 0.717) is 0 Å². The molecule has 0 aromatic rings. The molecule has 38 heavy (non-hydrogen) atoms. The van der Waals surface area contributed by atoms with Crippen molar-refractivity contribution in [1.29, 1.82) is 0 Å². The summed E-state index contributed by atoms with van der Waals surface area (Å²) in [5, 5.41) is 0. The molecule has 27 nitrogen and oxygen atoms in total. The average molecular weight is 1510 g/mol. The normalized spacial score (nSPS) is 5.92. The van der Waals surface area contributed by atoms with Crippen LogP contribution in [0.4, 0.5) is 0 Å². The maximum absolute atomic E-state index is 8.60. The van der Waals surface area contributed by atoms with Gasteiger partial charge in [-0.05, 0) is 0 Å². The van der Waals surface area contributed by atoms with Gasteiger partial charge < -0.3 is 0 Å². The minimum atomic E-state index is -4.20. The Morgan fingerprint density at radius 1 is 0.211 bits per heavy atom. The van der Waals surface area contributed by atoms with Crippen LogP contribution in [0.25, 0.3) is 0 Å². The molecule has 0 N–H and O–H groups in total. The van der Waals surface area contributed by atoms with E-state index in [1.807, 2.05) is 0 Å². The van der Waals surface area contributed by atoms with E-state index in [2.05, 4.69) is 0 Å². The molecule has 0 bridgehead atoms. The molecule has 1 radical (unpaired) electrons. The molecule has 0 saturated carbocycles. The van der Waals surface area contributed by atoms with Crippen molar-refractivity contribution >= 4 is 0 Å². The first-order chi connectivity index (χ1) is 15.6. The van der Waals surface area contributed by atoms with Gasteiger partial charge in [0.15, 0.2) is 0 Å². The second-order valence-electron chi connectivity index (χ2n) is 2.01. The van der Waals surface area contributed by atoms with Gasteiger partial charge in [-0.15, -0.1) is 0 Å². The smallest absolute Gasteiger partial charge is 6.00 e. The summed E-state index contributed by atoms with van der Waals surface area (Å²) in [6.45, 7) is 0. The molecule has 0 aliphatic carbocycles. The van der Waals surface area contributed by atoms with Gasteiger partial charge in [0.1, 0.15) is 0 Å². The van der Waals surface area contributed by atoms with Crippen LogP contribution in [-0.4, -0.2) is 0 Å². The zero-order chi connectivity index (χ0) is 32.2. The standard InChI is InChI=1S/Fe.9Nb.27O.W/q+3;;;;;;;;;;;;;;;;;;;;;;;;;;;;9*-1;+6. The summed E-state index contributed by atoms with van der Waals surface area (Å²) in [5.41, 5.74) is 0. The Bertz CT molecular complexity index is 764. The number of hydrogen-bond donors (Lipinski definition) is 0. The van der Waals surface area contributed by atoms with Gasteiger partial charge in [-0.1, -0.05) is 0 Å². The summed E-state index contributed by atoms with van der Waals surface area (Å²) < 4.78 is 232. The monoisotopic (exact) mass is 1510 g/mol. The predicted octanol–water partition coefficient (Wildman–Crippen LogP) is -12.9. The minimum absolute atomic E-state index is 0. The predicted molar refractivity (Wildman–Crippen MR) is 12.4 cm³/mol. The quantitative estimate of drug-likeness (QED) is 0.203. The molecule has 0 rings (SSSR count). The first-order valence-corrected chi connectivity index (χ1v) is 29.2. The average Bonchev–Trinajstić information content (AvgIpc) is 2.39. The summed E-state index contributed by atoms with van der Waals surface area (Å²) in [6, 6.07) is 0. The molecule has 221 valence electrons. The van der Waals surface area contributed by atoms with Crippen LogP contribution >= 0.6 is 0 Å². The molecular weight excluding hydrogens is 1510 g/mol. The van der Waals surface area contributed by atoms with Gasteiger partial charge in [0.25, 0.3) is 0 Å². The van der Waals surface area contributed by atoms with E-state index in [4.69, 9.17) is 91.0 Å². The molecule has 38 heteroatoms. The van der Waals surface area contributed by atoms with Crippen LogP contribution < -0.4 is 32.5 Å². The van der Waals surface area contributed by atoms with Crippen molar-refractivity contribution in [2.24, 2.45) is 0 Å². The van der Waals surface area contributed by atoms with E-state index in [1.165, 1.54) is 0 Å². The van der Waals surface area contributed by atoms with Crippen LogP contribution in [0.5, 0.6) is 0 Å². The summed E-state index contributed by atoms with van der Waals surface area (Å²) in [5.74, 6) is 0. The van der Waals surface area contributed by atoms with Crippen LogP contribution in [0.15, 0.2) is 0 Å². The van der Waals surface area contributed by atoms with Gasteiger partial charge in [0, 0.05) is 0 Å². The van der Waals surface area contributed by atoms with Gasteiger partial charge in [-0.2, -0.15) is 0 Å². The molecule has 0 aromatic heterocycles. The molecular formula is FeNb9O27W. The molecule has 0 aliphatic rings. The van der Waals surface area contributed by atoms with Crippen molar-refractivity contribution < 1.29 is 298 Å². The first kappa shape index (κ1) is 73.4. The van der Waals surface area contributed by atoms with Gasteiger partial charge in [-0.3, -0.25) is 0 Å². The van der Waals surface area contributed by atoms with Crippen molar-refractivity contribution in [2.45, 2.75) is 0 Å². The third kappa shape index (κ3) is 3950. The van der Waals surface area contributed by atoms with E-state index in [-0.39, 0.29) is 38.1 Å². The Balaban J connectivity index is -0.0000000238. The maximum atomic E-state index is 8.60. The third-order valence-electron chi connectivity index (χ3n) is 0. The fourth-order valence-corrected chi connectivity index (χ4v) is 0. The first-order valence-electron chi connectivity index (χ1n) is 4.93. The van der Waals surface area contributed by atoms with E-state index >= 15 is 0 Å². The molecule has 0 unspecified atom stereocenters. The van der Waals surface area contributed by atoms with Crippen molar-refractivity contribution in [2.75, 3.05) is 0 Å². The van der Waals surface area contributed by atoms with Crippen molar-refractivity contribution in [3.05, 3.63) is 0 Å². The van der Waals surface area contributed by atoms with Gasteiger partial charge in [0.05, 0.1) is 0 Å². The Morgan fingerprint density at radius 2 is 0.211 bits per heavy atom. The molecule has 0 amide bonds. The van der Waals surface area contributed by atoms with Gasteiger partial charge in [-0.25, -0.2) is 0 Å². The van der Waals surface area contributed by atoms with Crippen LogP contribution in [0.1, 0.15) is 0 Å². The Kier molecular flexibility index (Phi) is 132. The Hall–Kier alpha value is 3.91.